The number of fused-ring (bicyclic) bond motifs is 1. The van der Waals surface area contributed by atoms with Crippen molar-refractivity contribution in [3.8, 4) is 0 Å². The van der Waals surface area contributed by atoms with Gasteiger partial charge in [0.25, 0.3) is 0 Å². The third kappa shape index (κ3) is 5.72. The maximum absolute atomic E-state index is 12.0. The van der Waals surface area contributed by atoms with E-state index in [0.717, 1.165) is 38.9 Å². The van der Waals surface area contributed by atoms with Crippen molar-refractivity contribution < 1.29 is 9.90 Å². The van der Waals surface area contributed by atoms with Crippen LogP contribution >= 0.6 is 11.8 Å². The minimum atomic E-state index is -0.539. The number of hydrogen-bond acceptors (Lipinski definition) is 6. The number of allylic oxidation sites excluding steroid dienone is 1. The summed E-state index contributed by atoms with van der Waals surface area (Å²) in [5.74, 6) is 0.687. The molecule has 0 unspecified atom stereocenters. The highest BCUT2D eigenvalue weighted by Crippen LogP contribution is 2.36. The van der Waals surface area contributed by atoms with Crippen molar-refractivity contribution in [1.29, 1.82) is 5.41 Å². The van der Waals surface area contributed by atoms with Gasteiger partial charge in [0.1, 0.15) is 5.82 Å². The molecule has 0 atom stereocenters. The summed E-state index contributed by atoms with van der Waals surface area (Å²) in [6.07, 6.45) is 2.89. The fourth-order valence-electron chi connectivity index (χ4n) is 3.71. The molecule has 3 aromatic rings. The van der Waals surface area contributed by atoms with Crippen molar-refractivity contribution in [3.63, 3.8) is 0 Å². The lowest BCUT2D eigenvalue weighted by molar-refractivity contribution is -0.116. The quantitative estimate of drug-likeness (QED) is 0.242. The van der Waals surface area contributed by atoms with Gasteiger partial charge in [-0.1, -0.05) is 54.2 Å². The first-order valence-corrected chi connectivity index (χ1v) is 12.1. The zero-order valence-corrected chi connectivity index (χ0v) is 21.2. The van der Waals surface area contributed by atoms with Crippen LogP contribution in [0, 0.1) is 19.3 Å². The minimum absolute atomic E-state index is 0.0667. The Kier molecular flexibility index (Phi) is 8.23. The van der Waals surface area contributed by atoms with Gasteiger partial charge in [-0.2, -0.15) is 0 Å². The molecular formula is C27H32N4O2S. The van der Waals surface area contributed by atoms with E-state index in [9.17, 15) is 9.90 Å². The molecule has 0 radical (unpaired) electrons. The molecule has 0 bridgehead atoms. The van der Waals surface area contributed by atoms with Crippen LogP contribution in [0.1, 0.15) is 49.8 Å². The largest absolute Gasteiger partial charge is 0.396 e. The number of amides is 1. The van der Waals surface area contributed by atoms with Crippen LogP contribution in [0.3, 0.4) is 0 Å². The number of aryl methyl sites for hydroxylation is 2. The third-order valence-electron chi connectivity index (χ3n) is 6.11. The van der Waals surface area contributed by atoms with E-state index in [0.29, 0.717) is 29.5 Å². The molecule has 7 heteroatoms. The molecule has 3 rings (SSSR count). The number of thioether (sulfide) groups is 1. The second-order valence-electron chi connectivity index (χ2n) is 8.86. The van der Waals surface area contributed by atoms with Gasteiger partial charge in [0.05, 0.1) is 11.6 Å². The third-order valence-corrected chi connectivity index (χ3v) is 7.57. The number of nitrogens with one attached hydrogen (secondary N) is 1. The van der Waals surface area contributed by atoms with E-state index in [4.69, 9.17) is 5.41 Å². The van der Waals surface area contributed by atoms with Crippen LogP contribution in [-0.4, -0.2) is 38.0 Å². The number of benzene rings is 2. The van der Waals surface area contributed by atoms with E-state index < -0.39 is 5.41 Å². The van der Waals surface area contributed by atoms with E-state index in [1.807, 2.05) is 46.8 Å². The number of carbonyl (C=O) groups excluding carboxylic acids is 1. The first-order chi connectivity index (χ1) is 16.2. The fraction of sp³-hybridized carbons (Fsp3) is 0.333. The van der Waals surface area contributed by atoms with Gasteiger partial charge in [-0.3, -0.25) is 10.2 Å². The number of aliphatic hydroxyl groups excluding tert-OH is 1. The molecule has 0 spiro atoms. The molecule has 1 heterocycles. The molecule has 0 aliphatic heterocycles. The van der Waals surface area contributed by atoms with Gasteiger partial charge in [0, 0.05) is 46.5 Å². The standard InChI is InChI=1S/C27H32N4O2S/c1-18-23(15-29-20(3)30-18)16-31(17-33)19(2)25(12-13-32)34-26(28)27(4,5)24-11-10-21-8-6-7-9-22(21)14-24/h6-11,14-15,17,28,32H,12-13,16H2,1-5H3/b25-19-,28-26?. The monoisotopic (exact) mass is 476 g/mol. The highest BCUT2D eigenvalue weighted by atomic mass is 32.2. The van der Waals surface area contributed by atoms with E-state index in [1.165, 1.54) is 11.8 Å². The highest BCUT2D eigenvalue weighted by molar-refractivity contribution is 8.17. The Morgan fingerprint density at radius 1 is 1.18 bits per heavy atom. The summed E-state index contributed by atoms with van der Waals surface area (Å²) in [5.41, 5.74) is 2.91. The molecule has 6 nitrogen and oxygen atoms in total. The molecular weight excluding hydrogens is 444 g/mol. The number of aromatic nitrogens is 2. The lowest BCUT2D eigenvalue weighted by atomic mass is 9.84. The number of hydrogen-bond donors (Lipinski definition) is 2. The van der Waals surface area contributed by atoms with Crippen LogP contribution in [0.15, 0.2) is 59.3 Å². The molecule has 0 aliphatic carbocycles. The molecule has 0 saturated carbocycles. The summed E-state index contributed by atoms with van der Waals surface area (Å²) in [6, 6.07) is 14.5. The zero-order valence-electron chi connectivity index (χ0n) is 20.4. The van der Waals surface area contributed by atoms with Gasteiger partial charge >= 0.3 is 0 Å². The van der Waals surface area contributed by atoms with Crippen molar-refractivity contribution in [3.05, 3.63) is 81.9 Å². The highest BCUT2D eigenvalue weighted by Gasteiger charge is 2.28. The molecule has 34 heavy (non-hydrogen) atoms. The van der Waals surface area contributed by atoms with Crippen LogP contribution in [-0.2, 0) is 16.8 Å². The molecule has 0 fully saturated rings. The smallest absolute Gasteiger partial charge is 0.214 e. The Morgan fingerprint density at radius 2 is 1.88 bits per heavy atom. The lowest BCUT2D eigenvalue weighted by Gasteiger charge is -2.28. The lowest BCUT2D eigenvalue weighted by Crippen LogP contribution is -2.27. The van der Waals surface area contributed by atoms with E-state index in [-0.39, 0.29) is 6.61 Å². The van der Waals surface area contributed by atoms with Crippen LogP contribution in [0.2, 0.25) is 0 Å². The summed E-state index contributed by atoms with van der Waals surface area (Å²) in [5, 5.41) is 21.4. The molecule has 0 aliphatic rings. The summed E-state index contributed by atoms with van der Waals surface area (Å²) >= 11 is 1.32. The minimum Gasteiger partial charge on any atom is -0.396 e. The molecule has 1 aromatic heterocycles. The van der Waals surface area contributed by atoms with Gasteiger partial charge in [0.15, 0.2) is 0 Å². The van der Waals surface area contributed by atoms with E-state index in [1.54, 1.807) is 11.1 Å². The average Bonchev–Trinajstić information content (AvgIpc) is 2.82. The molecule has 0 saturated heterocycles. The number of nitrogens with zero attached hydrogens (tertiary/aromatic N) is 3. The van der Waals surface area contributed by atoms with Crippen molar-refractivity contribution in [2.45, 2.75) is 53.0 Å². The number of carbonyl (C=O) groups is 1. The fourth-order valence-corrected chi connectivity index (χ4v) is 4.79. The Hall–Kier alpha value is -3.03. The molecule has 1 amide bonds. The van der Waals surface area contributed by atoms with Crippen molar-refractivity contribution in [2.75, 3.05) is 6.61 Å². The average molecular weight is 477 g/mol. The van der Waals surface area contributed by atoms with Gasteiger partial charge in [-0.25, -0.2) is 9.97 Å². The predicted octanol–water partition coefficient (Wildman–Crippen LogP) is 5.51. The zero-order chi connectivity index (χ0) is 24.9. The Bertz CT molecular complexity index is 1240. The second kappa shape index (κ2) is 10.9. The van der Waals surface area contributed by atoms with Crippen LogP contribution in [0.4, 0.5) is 0 Å². The number of aliphatic hydroxyl groups is 1. The van der Waals surface area contributed by atoms with Gasteiger partial charge in [-0.15, -0.1) is 0 Å². The molecule has 2 N–H and O–H groups in total. The second-order valence-corrected chi connectivity index (χ2v) is 9.97. The SMILES string of the molecule is C/C(=C(\CCO)SC(=N)C(C)(C)c1ccc2ccccc2c1)N(C=O)Cc1cnc(C)nc1C. The Labute approximate surface area is 205 Å². The maximum Gasteiger partial charge on any atom is 0.214 e. The van der Waals surface area contributed by atoms with Gasteiger partial charge in [-0.05, 0) is 51.0 Å². The normalized spacial score (nSPS) is 12.4. The van der Waals surface area contributed by atoms with Gasteiger partial charge < -0.3 is 10.0 Å². The van der Waals surface area contributed by atoms with E-state index in [2.05, 4.69) is 40.3 Å². The molecule has 178 valence electrons. The summed E-state index contributed by atoms with van der Waals surface area (Å²) in [4.78, 5) is 23.0. The van der Waals surface area contributed by atoms with Gasteiger partial charge in [0.2, 0.25) is 6.41 Å². The first kappa shape index (κ1) is 25.6. The Morgan fingerprint density at radius 3 is 2.53 bits per heavy atom. The number of rotatable bonds is 9. The van der Waals surface area contributed by atoms with Crippen LogP contribution in [0.25, 0.3) is 10.8 Å². The van der Waals surface area contributed by atoms with Crippen molar-refractivity contribution in [1.82, 2.24) is 14.9 Å². The van der Waals surface area contributed by atoms with E-state index >= 15 is 0 Å². The maximum atomic E-state index is 12.0. The van der Waals surface area contributed by atoms with Crippen LogP contribution in [0.5, 0.6) is 0 Å². The summed E-state index contributed by atoms with van der Waals surface area (Å²) in [6.45, 7) is 9.91. The predicted molar refractivity (Wildman–Crippen MR) is 140 cm³/mol. The topological polar surface area (TPSA) is 90.2 Å². The Balaban J connectivity index is 1.88. The summed E-state index contributed by atoms with van der Waals surface area (Å²) < 4.78 is 0. The van der Waals surface area contributed by atoms with Crippen molar-refractivity contribution >= 4 is 34.0 Å². The first-order valence-electron chi connectivity index (χ1n) is 11.2. The molecule has 2 aromatic carbocycles. The van der Waals surface area contributed by atoms with Crippen molar-refractivity contribution in [2.24, 2.45) is 0 Å². The summed E-state index contributed by atoms with van der Waals surface area (Å²) in [7, 11) is 0. The van der Waals surface area contributed by atoms with Crippen LogP contribution < -0.4 is 0 Å².